The van der Waals surface area contributed by atoms with Gasteiger partial charge in [-0.15, -0.1) is 0 Å². The van der Waals surface area contributed by atoms with E-state index in [1.54, 1.807) is 24.3 Å². The summed E-state index contributed by atoms with van der Waals surface area (Å²) >= 11 is 0. The lowest BCUT2D eigenvalue weighted by atomic mass is 9.99. The molecule has 0 saturated carbocycles. The number of rotatable bonds is 8. The summed E-state index contributed by atoms with van der Waals surface area (Å²) in [6, 6.07) is 5.97. The van der Waals surface area contributed by atoms with Gasteiger partial charge in [-0.1, -0.05) is 32.4 Å². The molecule has 2 rings (SSSR count). The number of benzene rings is 1. The van der Waals surface area contributed by atoms with Crippen LogP contribution in [0.4, 0.5) is 0 Å². The fraction of sp³-hybridized carbons (Fsp3) is 0.474. The number of carbonyl (C=O) groups is 4. The van der Waals surface area contributed by atoms with Gasteiger partial charge in [0.15, 0.2) is 0 Å². The van der Waals surface area contributed by atoms with Gasteiger partial charge in [-0.3, -0.25) is 19.3 Å². The largest absolute Gasteiger partial charge is 0.467 e. The van der Waals surface area contributed by atoms with Gasteiger partial charge in [0.25, 0.3) is 11.8 Å². The van der Waals surface area contributed by atoms with E-state index in [0.29, 0.717) is 17.5 Å². The molecule has 1 aromatic carbocycles. The summed E-state index contributed by atoms with van der Waals surface area (Å²) in [6.07, 6.45) is 1.15. The smallest absolute Gasteiger partial charge is 0.328 e. The molecule has 26 heavy (non-hydrogen) atoms. The Morgan fingerprint density at radius 3 is 2.23 bits per heavy atom. The van der Waals surface area contributed by atoms with Crippen LogP contribution >= 0.6 is 0 Å². The van der Waals surface area contributed by atoms with E-state index in [2.05, 4.69) is 5.32 Å². The van der Waals surface area contributed by atoms with Crippen molar-refractivity contribution in [2.24, 2.45) is 5.92 Å². The van der Waals surface area contributed by atoms with Crippen LogP contribution in [0.15, 0.2) is 24.3 Å². The van der Waals surface area contributed by atoms with Gasteiger partial charge in [-0.2, -0.15) is 0 Å². The predicted molar refractivity (Wildman–Crippen MR) is 94.4 cm³/mol. The zero-order valence-electron chi connectivity index (χ0n) is 15.3. The number of esters is 1. The second-order valence-electron chi connectivity index (χ2n) is 6.36. The molecule has 1 N–H and O–H groups in total. The van der Waals surface area contributed by atoms with Gasteiger partial charge in [0.1, 0.15) is 6.04 Å². The molecule has 3 amide bonds. The summed E-state index contributed by atoms with van der Waals surface area (Å²) in [5, 5.41) is 2.68. The quantitative estimate of drug-likeness (QED) is 0.563. The molecule has 0 saturated heterocycles. The van der Waals surface area contributed by atoms with E-state index >= 15 is 0 Å². The number of ether oxygens (including phenoxy) is 1. The Labute approximate surface area is 152 Å². The molecule has 0 radical (unpaired) electrons. The van der Waals surface area contributed by atoms with Gasteiger partial charge in [0.2, 0.25) is 5.91 Å². The van der Waals surface area contributed by atoms with Gasteiger partial charge in [-0.25, -0.2) is 4.79 Å². The average Bonchev–Trinajstić information content (AvgIpc) is 2.90. The van der Waals surface area contributed by atoms with Crippen molar-refractivity contribution in [3.63, 3.8) is 0 Å². The molecular formula is C19H24N2O5. The van der Waals surface area contributed by atoms with E-state index in [4.69, 9.17) is 4.74 Å². The van der Waals surface area contributed by atoms with E-state index in [1.807, 2.05) is 13.8 Å². The van der Waals surface area contributed by atoms with Crippen LogP contribution in [-0.4, -0.2) is 48.3 Å². The first-order valence-corrected chi connectivity index (χ1v) is 8.73. The van der Waals surface area contributed by atoms with E-state index in [-0.39, 0.29) is 36.6 Å². The van der Waals surface area contributed by atoms with Crippen LogP contribution in [0.3, 0.4) is 0 Å². The normalized spacial score (nSPS) is 15.4. The van der Waals surface area contributed by atoms with Gasteiger partial charge in [0.05, 0.1) is 18.2 Å². The number of methoxy groups -OCH3 is 1. The highest BCUT2D eigenvalue weighted by molar-refractivity contribution is 6.21. The minimum Gasteiger partial charge on any atom is -0.467 e. The molecule has 1 heterocycles. The summed E-state index contributed by atoms with van der Waals surface area (Å²) < 4.78 is 4.73. The second-order valence-corrected chi connectivity index (χ2v) is 6.36. The summed E-state index contributed by atoms with van der Waals surface area (Å²) in [5.74, 6) is -1.51. The highest BCUT2D eigenvalue weighted by Gasteiger charge is 2.34. The monoisotopic (exact) mass is 360 g/mol. The standard InChI is InChI=1S/C19H24N2O5/c1-4-12(2)16(19(25)26-3)20-15(22)10-7-11-21-17(23)13-8-5-6-9-14(13)18(21)24/h5-6,8-9,12,16H,4,7,10-11H2,1-3H3,(H,20,22)/t12-,16-/m1/s1. The number of hydrogen-bond donors (Lipinski definition) is 1. The van der Waals surface area contributed by atoms with Crippen molar-refractivity contribution in [1.29, 1.82) is 0 Å². The maximum atomic E-state index is 12.3. The predicted octanol–water partition coefficient (Wildman–Crippen LogP) is 1.77. The highest BCUT2D eigenvalue weighted by atomic mass is 16.5. The molecule has 2 atom stereocenters. The van der Waals surface area contributed by atoms with Gasteiger partial charge < -0.3 is 10.1 Å². The fourth-order valence-electron chi connectivity index (χ4n) is 2.88. The number of nitrogens with one attached hydrogen (secondary N) is 1. The molecule has 0 unspecified atom stereocenters. The van der Waals surface area contributed by atoms with E-state index in [1.165, 1.54) is 7.11 Å². The maximum Gasteiger partial charge on any atom is 0.328 e. The molecular weight excluding hydrogens is 336 g/mol. The van der Waals surface area contributed by atoms with Crippen LogP contribution in [-0.2, 0) is 14.3 Å². The maximum absolute atomic E-state index is 12.3. The summed E-state index contributed by atoms with van der Waals surface area (Å²) in [7, 11) is 1.28. The van der Waals surface area contributed by atoms with Gasteiger partial charge >= 0.3 is 5.97 Å². The van der Waals surface area contributed by atoms with E-state index < -0.39 is 12.0 Å². The minimum absolute atomic E-state index is 0.0531. The SMILES string of the molecule is CC[C@@H](C)[C@@H](NC(=O)CCCN1C(=O)c2ccccc2C1=O)C(=O)OC. The first kappa shape index (κ1) is 19.6. The fourth-order valence-corrected chi connectivity index (χ4v) is 2.88. The van der Waals surface area contributed by atoms with Gasteiger partial charge in [-0.05, 0) is 24.5 Å². The third kappa shape index (κ3) is 4.09. The Morgan fingerprint density at radius 1 is 1.15 bits per heavy atom. The molecule has 1 aliphatic rings. The van der Waals surface area contributed by atoms with Crippen LogP contribution in [0.25, 0.3) is 0 Å². The molecule has 140 valence electrons. The lowest BCUT2D eigenvalue weighted by Gasteiger charge is -2.22. The Kier molecular flexibility index (Phi) is 6.49. The van der Waals surface area contributed by atoms with E-state index in [9.17, 15) is 19.2 Å². The topological polar surface area (TPSA) is 92.8 Å². The van der Waals surface area contributed by atoms with Crippen molar-refractivity contribution in [2.45, 2.75) is 39.2 Å². The first-order valence-electron chi connectivity index (χ1n) is 8.73. The van der Waals surface area contributed by atoms with Crippen molar-refractivity contribution in [1.82, 2.24) is 10.2 Å². The van der Waals surface area contributed by atoms with Crippen molar-refractivity contribution >= 4 is 23.7 Å². The molecule has 7 nitrogen and oxygen atoms in total. The number of imide groups is 1. The Balaban J connectivity index is 1.88. The minimum atomic E-state index is -0.697. The molecule has 0 aromatic heterocycles. The molecule has 1 aromatic rings. The molecule has 0 aliphatic carbocycles. The molecule has 0 bridgehead atoms. The zero-order chi connectivity index (χ0) is 19.3. The van der Waals surface area contributed by atoms with Gasteiger partial charge in [0, 0.05) is 13.0 Å². The summed E-state index contributed by atoms with van der Waals surface area (Å²) in [5.41, 5.74) is 0.786. The van der Waals surface area contributed by atoms with Crippen molar-refractivity contribution in [3.05, 3.63) is 35.4 Å². The Morgan fingerprint density at radius 2 is 1.73 bits per heavy atom. The number of amides is 3. The van der Waals surface area contributed by atoms with Crippen molar-refractivity contribution < 1.29 is 23.9 Å². The summed E-state index contributed by atoms with van der Waals surface area (Å²) in [4.78, 5) is 49.6. The van der Waals surface area contributed by atoms with Crippen molar-refractivity contribution in [2.75, 3.05) is 13.7 Å². The van der Waals surface area contributed by atoms with Crippen LogP contribution in [0.2, 0.25) is 0 Å². The molecule has 0 spiro atoms. The Hall–Kier alpha value is -2.70. The van der Waals surface area contributed by atoms with Crippen LogP contribution in [0, 0.1) is 5.92 Å². The number of nitrogens with zero attached hydrogens (tertiary/aromatic N) is 1. The summed E-state index contributed by atoms with van der Waals surface area (Å²) in [6.45, 7) is 3.95. The molecule has 0 fully saturated rings. The lowest BCUT2D eigenvalue weighted by molar-refractivity contribution is -0.146. The van der Waals surface area contributed by atoms with Crippen LogP contribution < -0.4 is 5.32 Å². The lowest BCUT2D eigenvalue weighted by Crippen LogP contribution is -2.45. The average molecular weight is 360 g/mol. The van der Waals surface area contributed by atoms with E-state index in [0.717, 1.165) is 11.3 Å². The Bertz CT molecular complexity index is 681. The molecule has 7 heteroatoms. The number of carbonyl (C=O) groups excluding carboxylic acids is 4. The second kappa shape index (κ2) is 8.60. The first-order chi connectivity index (χ1) is 12.4. The molecule has 1 aliphatic heterocycles. The number of hydrogen-bond acceptors (Lipinski definition) is 5. The van der Waals surface area contributed by atoms with Crippen LogP contribution in [0.1, 0.15) is 53.8 Å². The zero-order valence-corrected chi connectivity index (χ0v) is 15.3. The van der Waals surface area contributed by atoms with Crippen LogP contribution in [0.5, 0.6) is 0 Å². The highest BCUT2D eigenvalue weighted by Crippen LogP contribution is 2.22. The number of fused-ring (bicyclic) bond motifs is 1. The van der Waals surface area contributed by atoms with Crippen molar-refractivity contribution in [3.8, 4) is 0 Å². The third-order valence-electron chi connectivity index (χ3n) is 4.65. The third-order valence-corrected chi connectivity index (χ3v) is 4.65.